The maximum Gasteiger partial charge on any atom is 0.248 e. The largest absolute Gasteiger partial charge is 0.375 e. The summed E-state index contributed by atoms with van der Waals surface area (Å²) in [4.78, 5) is 17.2. The van der Waals surface area contributed by atoms with Crippen LogP contribution in [-0.4, -0.2) is 65.9 Å². The van der Waals surface area contributed by atoms with E-state index in [4.69, 9.17) is 9.72 Å². The fourth-order valence-corrected chi connectivity index (χ4v) is 6.95. The van der Waals surface area contributed by atoms with Gasteiger partial charge in [-0.2, -0.15) is 4.31 Å². The molecule has 3 fully saturated rings. The molecule has 1 amide bonds. The van der Waals surface area contributed by atoms with Gasteiger partial charge in [0.25, 0.3) is 0 Å². The van der Waals surface area contributed by atoms with Gasteiger partial charge in [0.15, 0.2) is 0 Å². The van der Waals surface area contributed by atoms with Gasteiger partial charge >= 0.3 is 0 Å². The number of morpholine rings is 1. The van der Waals surface area contributed by atoms with Crippen LogP contribution in [0, 0.1) is 5.92 Å². The predicted molar refractivity (Wildman–Crippen MR) is 140 cm³/mol. The highest BCUT2D eigenvalue weighted by Gasteiger charge is 2.37. The Hall–Kier alpha value is -2.11. The monoisotopic (exact) mass is 552 g/mol. The third kappa shape index (κ3) is 6.04. The van der Waals surface area contributed by atoms with Crippen LogP contribution >= 0.6 is 0 Å². The number of nitrogens with zero attached hydrogens (tertiary/aromatic N) is 3. The molecule has 38 heavy (non-hydrogen) atoms. The van der Waals surface area contributed by atoms with Crippen molar-refractivity contribution in [2.45, 2.75) is 101 Å². The topological polar surface area (TPSA) is 93.5 Å². The summed E-state index contributed by atoms with van der Waals surface area (Å²) in [7, 11) is -3.82. The maximum absolute atomic E-state index is 13.7. The van der Waals surface area contributed by atoms with Crippen LogP contribution < -0.4 is 5.32 Å². The average Bonchev–Trinajstić information content (AvgIpc) is 3.57. The average molecular weight is 553 g/mol. The quantitative estimate of drug-likeness (QED) is 0.555. The minimum absolute atomic E-state index is 0.0969. The van der Waals surface area contributed by atoms with Gasteiger partial charge in [0.2, 0.25) is 21.9 Å². The molecule has 1 aromatic heterocycles. The number of sulfonamides is 1. The van der Waals surface area contributed by atoms with E-state index in [2.05, 4.69) is 9.88 Å². The lowest BCUT2D eigenvalue weighted by Crippen LogP contribution is -2.47. The SMILES string of the molecule is CC(C)(C)c1nc2cc(S(=O)(=O)N3CCO[C@@H](CC(=O)NC4CC4)C3)ccc2n1CC1CCC(F)(F)CC1. The third-order valence-corrected chi connectivity index (χ3v) is 9.62. The Morgan fingerprint density at radius 2 is 1.89 bits per heavy atom. The smallest absolute Gasteiger partial charge is 0.248 e. The van der Waals surface area contributed by atoms with Crippen LogP contribution in [0.1, 0.15) is 71.5 Å². The number of aromatic nitrogens is 2. The molecular formula is C27H38F2N4O4S. The van der Waals surface area contributed by atoms with Crippen molar-refractivity contribution >= 4 is 27.0 Å². The molecule has 8 nitrogen and oxygen atoms in total. The Morgan fingerprint density at radius 3 is 2.55 bits per heavy atom. The van der Waals surface area contributed by atoms with E-state index >= 15 is 0 Å². The van der Waals surface area contributed by atoms with E-state index < -0.39 is 22.0 Å². The van der Waals surface area contributed by atoms with Crippen LogP contribution in [0.5, 0.6) is 0 Å². The lowest BCUT2D eigenvalue weighted by molar-refractivity contribution is -0.125. The summed E-state index contributed by atoms with van der Waals surface area (Å²) in [6, 6.07) is 5.23. The van der Waals surface area contributed by atoms with E-state index in [1.54, 1.807) is 18.2 Å². The zero-order valence-corrected chi connectivity index (χ0v) is 23.2. The fraction of sp³-hybridized carbons (Fsp3) is 0.704. The Bertz CT molecular complexity index is 1290. The summed E-state index contributed by atoms with van der Waals surface area (Å²) in [5.74, 6) is -1.75. The molecule has 0 radical (unpaired) electrons. The molecule has 2 aromatic rings. The highest BCUT2D eigenvalue weighted by atomic mass is 32.2. The standard InChI is InChI=1S/C27H38F2N4O4S/c1-26(2,3)25-31-22-15-21(6-7-23(22)33(25)16-18-8-10-27(28,29)11-9-18)38(35,36)32-12-13-37-20(17-32)14-24(34)30-19-4-5-19/h6-7,15,18-20H,4-5,8-14,16-17H2,1-3H3,(H,30,34)/t20-/m0/s1. The summed E-state index contributed by atoms with van der Waals surface area (Å²) in [5, 5.41) is 2.92. The van der Waals surface area contributed by atoms with Crippen molar-refractivity contribution in [1.29, 1.82) is 0 Å². The normalized spacial score (nSPS) is 23.6. The molecule has 5 rings (SSSR count). The van der Waals surface area contributed by atoms with Crippen molar-refractivity contribution in [2.75, 3.05) is 19.7 Å². The molecule has 1 saturated heterocycles. The van der Waals surface area contributed by atoms with Gasteiger partial charge in [-0.25, -0.2) is 22.2 Å². The molecule has 0 bridgehead atoms. The second-order valence-corrected chi connectivity index (χ2v) is 14.1. The van der Waals surface area contributed by atoms with Gasteiger partial charge in [0.1, 0.15) is 5.82 Å². The fourth-order valence-electron chi connectivity index (χ4n) is 5.47. The number of amides is 1. The van der Waals surface area contributed by atoms with Gasteiger partial charge in [0, 0.05) is 43.9 Å². The molecule has 1 atom stereocenters. The van der Waals surface area contributed by atoms with Crippen molar-refractivity contribution in [2.24, 2.45) is 5.92 Å². The van der Waals surface area contributed by atoms with Gasteiger partial charge in [-0.1, -0.05) is 20.8 Å². The van der Waals surface area contributed by atoms with E-state index in [0.717, 1.165) is 24.2 Å². The molecular weight excluding hydrogens is 514 g/mol. The molecule has 1 aliphatic heterocycles. The molecule has 1 aromatic carbocycles. The van der Waals surface area contributed by atoms with Crippen LogP contribution in [0.15, 0.2) is 23.1 Å². The molecule has 0 unspecified atom stereocenters. The van der Waals surface area contributed by atoms with Crippen molar-refractivity contribution in [3.05, 3.63) is 24.0 Å². The summed E-state index contributed by atoms with van der Waals surface area (Å²) >= 11 is 0. The second-order valence-electron chi connectivity index (χ2n) is 12.1. The molecule has 2 heterocycles. The van der Waals surface area contributed by atoms with Crippen molar-refractivity contribution in [1.82, 2.24) is 19.2 Å². The Kier molecular flexibility index (Phi) is 7.32. The predicted octanol–water partition coefficient (Wildman–Crippen LogP) is 4.22. The van der Waals surface area contributed by atoms with E-state index in [1.165, 1.54) is 4.31 Å². The van der Waals surface area contributed by atoms with Crippen LogP contribution in [-0.2, 0) is 31.5 Å². The van der Waals surface area contributed by atoms with E-state index in [-0.39, 0.29) is 67.1 Å². The van der Waals surface area contributed by atoms with Gasteiger partial charge in [-0.15, -0.1) is 0 Å². The molecule has 2 saturated carbocycles. The van der Waals surface area contributed by atoms with Crippen LogP contribution in [0.4, 0.5) is 8.78 Å². The first-order valence-corrected chi connectivity index (χ1v) is 15.1. The number of hydrogen-bond donors (Lipinski definition) is 1. The maximum atomic E-state index is 13.7. The Balaban J connectivity index is 1.37. The summed E-state index contributed by atoms with van der Waals surface area (Å²) in [6.07, 6.45) is 2.34. The molecule has 1 N–H and O–H groups in total. The molecule has 0 spiro atoms. The van der Waals surface area contributed by atoms with Crippen LogP contribution in [0.2, 0.25) is 0 Å². The van der Waals surface area contributed by atoms with E-state index in [9.17, 15) is 22.0 Å². The molecule has 210 valence electrons. The first kappa shape index (κ1) is 27.5. The van der Waals surface area contributed by atoms with Gasteiger partial charge in [-0.3, -0.25) is 4.79 Å². The van der Waals surface area contributed by atoms with E-state index in [0.29, 0.717) is 24.9 Å². The summed E-state index contributed by atoms with van der Waals surface area (Å²) < 4.78 is 63.8. The lowest BCUT2D eigenvalue weighted by Gasteiger charge is -2.32. The zero-order valence-electron chi connectivity index (χ0n) is 22.4. The van der Waals surface area contributed by atoms with Gasteiger partial charge in [-0.05, 0) is 49.8 Å². The number of ether oxygens (including phenoxy) is 1. The van der Waals surface area contributed by atoms with Gasteiger partial charge in [0.05, 0.1) is 35.1 Å². The van der Waals surface area contributed by atoms with E-state index in [1.807, 2.05) is 20.8 Å². The highest BCUT2D eigenvalue weighted by Crippen LogP contribution is 2.38. The van der Waals surface area contributed by atoms with Crippen molar-refractivity contribution in [3.8, 4) is 0 Å². The molecule has 2 aliphatic carbocycles. The van der Waals surface area contributed by atoms with Crippen LogP contribution in [0.25, 0.3) is 11.0 Å². The number of carbonyl (C=O) groups is 1. The Morgan fingerprint density at radius 1 is 1.18 bits per heavy atom. The number of carbonyl (C=O) groups excluding carboxylic acids is 1. The molecule has 3 aliphatic rings. The number of halogens is 2. The van der Waals surface area contributed by atoms with Gasteiger partial charge < -0.3 is 14.6 Å². The second kappa shape index (κ2) is 10.1. The number of benzene rings is 1. The third-order valence-electron chi connectivity index (χ3n) is 7.76. The lowest BCUT2D eigenvalue weighted by atomic mass is 9.86. The minimum Gasteiger partial charge on any atom is -0.375 e. The van der Waals surface area contributed by atoms with Crippen molar-refractivity contribution in [3.63, 3.8) is 0 Å². The zero-order chi connectivity index (χ0) is 27.3. The molecule has 11 heteroatoms. The first-order chi connectivity index (χ1) is 17.8. The number of nitrogens with one attached hydrogen (secondary N) is 1. The number of hydrogen-bond acceptors (Lipinski definition) is 5. The van der Waals surface area contributed by atoms with Crippen molar-refractivity contribution < 1.29 is 26.7 Å². The van der Waals surface area contributed by atoms with Crippen LogP contribution in [0.3, 0.4) is 0 Å². The number of fused-ring (bicyclic) bond motifs is 1. The number of alkyl halides is 2. The summed E-state index contributed by atoms with van der Waals surface area (Å²) in [5.41, 5.74) is 1.07. The first-order valence-electron chi connectivity index (χ1n) is 13.6. The number of rotatable bonds is 7. The Labute approximate surface area is 223 Å². The number of imidazole rings is 1. The summed E-state index contributed by atoms with van der Waals surface area (Å²) in [6.45, 7) is 7.28. The minimum atomic E-state index is -3.82. The highest BCUT2D eigenvalue weighted by molar-refractivity contribution is 7.89.